The first-order valence-corrected chi connectivity index (χ1v) is 2.85. The number of hydrogen-bond acceptors (Lipinski definition) is 2. The lowest BCUT2D eigenvalue weighted by Gasteiger charge is -2.22. The summed E-state index contributed by atoms with van der Waals surface area (Å²) in [4.78, 5) is 1.90. The number of nitrogens with zero attached hydrogens (tertiary/aromatic N) is 1. The molecule has 0 fully saturated rings. The van der Waals surface area contributed by atoms with Gasteiger partial charge in [-0.1, -0.05) is 6.08 Å². The molecule has 2 nitrogen and oxygen atoms in total. The molecule has 1 aliphatic rings. The Morgan fingerprint density at radius 3 is 2.88 bits per heavy atom. The standard InChI is InChI=1S/C6H11NO/c1-7-5-3-2-4-6(7)8/h2,4,6,8H,3,5H2,1H3. The van der Waals surface area contributed by atoms with Crippen LogP contribution in [0.1, 0.15) is 6.42 Å². The Balaban J connectivity index is 2.47. The molecule has 0 aromatic carbocycles. The lowest BCUT2D eigenvalue weighted by molar-refractivity contribution is 0.0579. The summed E-state index contributed by atoms with van der Waals surface area (Å²) in [6, 6.07) is 0. The first-order chi connectivity index (χ1) is 3.80. The van der Waals surface area contributed by atoms with Gasteiger partial charge in [0.05, 0.1) is 0 Å². The van der Waals surface area contributed by atoms with E-state index in [1.807, 2.05) is 24.1 Å². The molecule has 0 aromatic heterocycles. The predicted molar refractivity (Wildman–Crippen MR) is 32.4 cm³/mol. The highest BCUT2D eigenvalue weighted by Crippen LogP contribution is 2.02. The average Bonchev–Trinajstić information content (AvgIpc) is 1.77. The van der Waals surface area contributed by atoms with Gasteiger partial charge in [-0.15, -0.1) is 0 Å². The lowest BCUT2D eigenvalue weighted by Crippen LogP contribution is -2.32. The second kappa shape index (κ2) is 2.29. The topological polar surface area (TPSA) is 23.5 Å². The van der Waals surface area contributed by atoms with E-state index in [4.69, 9.17) is 5.11 Å². The molecule has 0 aliphatic carbocycles. The van der Waals surface area contributed by atoms with Crippen LogP contribution in [-0.2, 0) is 0 Å². The van der Waals surface area contributed by atoms with E-state index in [1.165, 1.54) is 0 Å². The fourth-order valence-electron chi connectivity index (χ4n) is 0.775. The van der Waals surface area contributed by atoms with Crippen LogP contribution in [0.5, 0.6) is 0 Å². The molecular formula is C6H11NO. The summed E-state index contributed by atoms with van der Waals surface area (Å²) >= 11 is 0. The molecule has 0 amide bonds. The molecule has 0 aromatic rings. The third-order valence-electron chi connectivity index (χ3n) is 1.41. The molecule has 1 N–H and O–H groups in total. The van der Waals surface area contributed by atoms with Crippen LogP contribution in [0.25, 0.3) is 0 Å². The maximum absolute atomic E-state index is 9.02. The Bertz CT molecular complexity index is 101. The van der Waals surface area contributed by atoms with Gasteiger partial charge in [-0.25, -0.2) is 0 Å². The van der Waals surface area contributed by atoms with Crippen molar-refractivity contribution in [2.24, 2.45) is 0 Å². The maximum Gasteiger partial charge on any atom is 0.126 e. The van der Waals surface area contributed by atoms with E-state index in [9.17, 15) is 0 Å². The molecule has 1 unspecified atom stereocenters. The summed E-state index contributed by atoms with van der Waals surface area (Å²) < 4.78 is 0. The van der Waals surface area contributed by atoms with Gasteiger partial charge in [-0.3, -0.25) is 4.90 Å². The highest BCUT2D eigenvalue weighted by Gasteiger charge is 2.08. The van der Waals surface area contributed by atoms with E-state index in [-0.39, 0.29) is 6.23 Å². The van der Waals surface area contributed by atoms with Crippen molar-refractivity contribution in [2.45, 2.75) is 12.6 Å². The summed E-state index contributed by atoms with van der Waals surface area (Å²) in [7, 11) is 1.91. The zero-order valence-electron chi connectivity index (χ0n) is 5.04. The van der Waals surface area contributed by atoms with Crippen LogP contribution in [0.4, 0.5) is 0 Å². The molecule has 1 heterocycles. The van der Waals surface area contributed by atoms with E-state index < -0.39 is 0 Å². The first kappa shape index (κ1) is 5.79. The Kier molecular flexibility index (Phi) is 1.65. The van der Waals surface area contributed by atoms with E-state index in [1.54, 1.807) is 0 Å². The van der Waals surface area contributed by atoms with Crippen molar-refractivity contribution >= 4 is 0 Å². The van der Waals surface area contributed by atoms with Gasteiger partial charge in [0.25, 0.3) is 0 Å². The van der Waals surface area contributed by atoms with Crippen molar-refractivity contribution in [3.8, 4) is 0 Å². The smallest absolute Gasteiger partial charge is 0.126 e. The number of likely N-dealkylation sites (N-methyl/N-ethyl adjacent to an activating group) is 1. The van der Waals surface area contributed by atoms with Gasteiger partial charge >= 0.3 is 0 Å². The van der Waals surface area contributed by atoms with Gasteiger partial charge in [0, 0.05) is 6.54 Å². The highest BCUT2D eigenvalue weighted by molar-refractivity contribution is 4.92. The Labute approximate surface area is 49.4 Å². The lowest BCUT2D eigenvalue weighted by atomic mass is 10.2. The van der Waals surface area contributed by atoms with Gasteiger partial charge in [0.2, 0.25) is 0 Å². The summed E-state index contributed by atoms with van der Waals surface area (Å²) in [6.45, 7) is 0.970. The molecule has 46 valence electrons. The van der Waals surface area contributed by atoms with Crippen molar-refractivity contribution in [1.29, 1.82) is 0 Å². The molecule has 1 atom stereocenters. The van der Waals surface area contributed by atoms with Gasteiger partial charge in [-0.05, 0) is 19.5 Å². The predicted octanol–water partition coefficient (Wildman–Crippen LogP) is 0.196. The minimum atomic E-state index is -0.344. The normalized spacial score (nSPS) is 31.0. The first-order valence-electron chi connectivity index (χ1n) is 2.85. The van der Waals surface area contributed by atoms with Gasteiger partial charge < -0.3 is 5.11 Å². The molecule has 0 saturated carbocycles. The molecule has 0 saturated heterocycles. The number of aliphatic hydroxyl groups excluding tert-OH is 1. The third-order valence-corrected chi connectivity index (χ3v) is 1.41. The molecule has 0 spiro atoms. The van der Waals surface area contributed by atoms with Gasteiger partial charge in [-0.2, -0.15) is 0 Å². The summed E-state index contributed by atoms with van der Waals surface area (Å²) in [5.74, 6) is 0. The molecule has 2 heteroatoms. The van der Waals surface area contributed by atoms with Crippen LogP contribution in [0, 0.1) is 0 Å². The second-order valence-electron chi connectivity index (χ2n) is 2.11. The van der Waals surface area contributed by atoms with Crippen molar-refractivity contribution in [3.63, 3.8) is 0 Å². The Morgan fingerprint density at radius 1 is 1.75 bits per heavy atom. The zero-order chi connectivity index (χ0) is 5.98. The molecule has 0 radical (unpaired) electrons. The molecule has 8 heavy (non-hydrogen) atoms. The quantitative estimate of drug-likeness (QED) is 0.453. The van der Waals surface area contributed by atoms with Crippen molar-refractivity contribution in [1.82, 2.24) is 4.90 Å². The largest absolute Gasteiger partial charge is 0.375 e. The molecule has 1 rings (SSSR count). The van der Waals surface area contributed by atoms with E-state index in [2.05, 4.69) is 0 Å². The third kappa shape index (κ3) is 1.08. The van der Waals surface area contributed by atoms with Crippen LogP contribution < -0.4 is 0 Å². The molecular weight excluding hydrogens is 102 g/mol. The van der Waals surface area contributed by atoms with Crippen LogP contribution in [0.15, 0.2) is 12.2 Å². The highest BCUT2D eigenvalue weighted by atomic mass is 16.3. The second-order valence-corrected chi connectivity index (χ2v) is 2.11. The van der Waals surface area contributed by atoms with E-state index >= 15 is 0 Å². The molecule has 0 bridgehead atoms. The van der Waals surface area contributed by atoms with E-state index in [0.29, 0.717) is 0 Å². The van der Waals surface area contributed by atoms with Crippen molar-refractivity contribution in [3.05, 3.63) is 12.2 Å². The number of aliphatic hydroxyl groups is 1. The molecule has 1 aliphatic heterocycles. The van der Waals surface area contributed by atoms with Crippen LogP contribution in [0.2, 0.25) is 0 Å². The van der Waals surface area contributed by atoms with Gasteiger partial charge in [0.15, 0.2) is 0 Å². The van der Waals surface area contributed by atoms with Crippen LogP contribution >= 0.6 is 0 Å². The number of rotatable bonds is 0. The maximum atomic E-state index is 9.02. The minimum absolute atomic E-state index is 0.344. The monoisotopic (exact) mass is 113 g/mol. The fraction of sp³-hybridized carbons (Fsp3) is 0.667. The summed E-state index contributed by atoms with van der Waals surface area (Å²) in [6.07, 6.45) is 4.53. The SMILES string of the molecule is CN1CCC=CC1O. The Hall–Kier alpha value is -0.340. The number of hydrogen-bond donors (Lipinski definition) is 1. The van der Waals surface area contributed by atoms with Crippen LogP contribution in [0.3, 0.4) is 0 Å². The zero-order valence-corrected chi connectivity index (χ0v) is 5.04. The minimum Gasteiger partial charge on any atom is -0.375 e. The fourth-order valence-corrected chi connectivity index (χ4v) is 0.775. The van der Waals surface area contributed by atoms with Gasteiger partial charge in [0.1, 0.15) is 6.23 Å². The van der Waals surface area contributed by atoms with Crippen molar-refractivity contribution < 1.29 is 5.11 Å². The average molecular weight is 113 g/mol. The Morgan fingerprint density at radius 2 is 2.50 bits per heavy atom. The van der Waals surface area contributed by atoms with Crippen molar-refractivity contribution in [2.75, 3.05) is 13.6 Å². The van der Waals surface area contributed by atoms with Crippen LogP contribution in [-0.4, -0.2) is 29.8 Å². The summed E-state index contributed by atoms with van der Waals surface area (Å²) in [5.41, 5.74) is 0. The van der Waals surface area contributed by atoms with E-state index in [0.717, 1.165) is 13.0 Å². The summed E-state index contributed by atoms with van der Waals surface area (Å²) in [5, 5.41) is 9.02.